The number of rotatable bonds is 1. The first-order valence-corrected chi connectivity index (χ1v) is 5.16. The predicted octanol–water partition coefficient (Wildman–Crippen LogP) is 3.60. The topological polar surface area (TPSA) is 0 Å². The fraction of sp³-hybridized carbons (Fsp3) is 0.0833. The van der Waals surface area contributed by atoms with E-state index in [1.54, 1.807) is 0 Å². The van der Waals surface area contributed by atoms with Crippen molar-refractivity contribution >= 4 is 23.5 Å². The lowest BCUT2D eigenvalue weighted by atomic mass is 10.1. The number of fused-ring (bicyclic) bond motifs is 1. The maximum Gasteiger partial charge on any atom is 0.0429 e. The molecule has 0 atom stereocenters. The molecular weight excluding hydrogens is 176 g/mol. The molecule has 3 rings (SSSR count). The number of hydrogen-bond donors (Lipinski definition) is 0. The van der Waals surface area contributed by atoms with E-state index < -0.39 is 0 Å². The van der Waals surface area contributed by atoms with Crippen LogP contribution in [0.5, 0.6) is 0 Å². The van der Waals surface area contributed by atoms with Crippen LogP contribution in [-0.2, 0) is 0 Å². The Labute approximate surface area is 81.2 Å². The first-order valence-electron chi connectivity index (χ1n) is 4.35. The van der Waals surface area contributed by atoms with Gasteiger partial charge in [0.15, 0.2) is 0 Å². The van der Waals surface area contributed by atoms with E-state index in [1.807, 2.05) is 11.3 Å². The van der Waals surface area contributed by atoms with Crippen molar-refractivity contribution in [3.05, 3.63) is 51.4 Å². The monoisotopic (exact) mass is 184 g/mol. The molecule has 13 heavy (non-hydrogen) atoms. The summed E-state index contributed by atoms with van der Waals surface area (Å²) in [6.45, 7) is 0. The van der Waals surface area contributed by atoms with Crippen LogP contribution in [-0.4, -0.2) is 0 Å². The first kappa shape index (κ1) is 7.14. The van der Waals surface area contributed by atoms with Gasteiger partial charge in [-0.1, -0.05) is 24.3 Å². The van der Waals surface area contributed by atoms with Gasteiger partial charge in [-0.3, -0.25) is 0 Å². The Kier molecular flexibility index (Phi) is 1.42. The lowest BCUT2D eigenvalue weighted by Gasteiger charge is -1.98. The highest BCUT2D eigenvalue weighted by atomic mass is 32.1. The summed E-state index contributed by atoms with van der Waals surface area (Å²) in [5.74, 6) is 0.511. The third kappa shape index (κ3) is 1.06. The van der Waals surface area contributed by atoms with Crippen molar-refractivity contribution in [2.75, 3.05) is 0 Å². The first-order chi connectivity index (χ1) is 6.43. The van der Waals surface area contributed by atoms with E-state index in [9.17, 15) is 0 Å². The second-order valence-corrected chi connectivity index (χ2v) is 4.33. The highest BCUT2D eigenvalue weighted by molar-refractivity contribution is 7.13. The average molecular weight is 184 g/mol. The van der Waals surface area contributed by atoms with Gasteiger partial charge in [-0.25, -0.2) is 0 Å². The summed E-state index contributed by atoms with van der Waals surface area (Å²) in [5.41, 5.74) is 4.44. The van der Waals surface area contributed by atoms with Crippen molar-refractivity contribution < 1.29 is 0 Å². The average Bonchev–Trinajstić information content (AvgIpc) is 2.78. The summed E-state index contributed by atoms with van der Waals surface area (Å²) in [6.07, 6.45) is 12.8. The lowest BCUT2D eigenvalue weighted by molar-refractivity contribution is 1.15. The van der Waals surface area contributed by atoms with Gasteiger partial charge in [0.25, 0.3) is 0 Å². The molecule has 0 saturated carbocycles. The Morgan fingerprint density at radius 3 is 2.77 bits per heavy atom. The van der Waals surface area contributed by atoms with Gasteiger partial charge in [0.2, 0.25) is 0 Å². The van der Waals surface area contributed by atoms with Gasteiger partial charge >= 0.3 is 0 Å². The fourth-order valence-electron chi connectivity index (χ4n) is 1.66. The minimum Gasteiger partial charge on any atom is -0.139 e. The zero-order valence-electron chi connectivity index (χ0n) is 7.03. The maximum absolute atomic E-state index is 3.11. The molecule has 0 aromatic carbocycles. The molecule has 0 unspecified atom stereocenters. The molecule has 0 bridgehead atoms. The minimum absolute atomic E-state index is 0.511. The zero-order valence-corrected chi connectivity index (χ0v) is 7.84. The summed E-state index contributed by atoms with van der Waals surface area (Å²) in [5, 5.41) is 0. The van der Waals surface area contributed by atoms with Crippen molar-refractivity contribution in [2.24, 2.45) is 0 Å². The Bertz CT molecular complexity index is 428. The summed E-state index contributed by atoms with van der Waals surface area (Å²) in [6, 6.07) is 2.27. The highest BCUT2D eigenvalue weighted by Crippen LogP contribution is 2.35. The van der Waals surface area contributed by atoms with E-state index in [4.69, 9.17) is 0 Å². The van der Waals surface area contributed by atoms with Gasteiger partial charge in [0.05, 0.1) is 0 Å². The quantitative estimate of drug-likeness (QED) is 0.594. The van der Waals surface area contributed by atoms with E-state index in [2.05, 4.69) is 48.3 Å². The van der Waals surface area contributed by atoms with E-state index in [0.717, 1.165) is 0 Å². The molecule has 1 aromatic rings. The molecule has 0 fully saturated rings. The number of allylic oxidation sites excluding steroid dienone is 4. The molecule has 2 aliphatic rings. The van der Waals surface area contributed by atoms with Gasteiger partial charge in [-0.15, -0.1) is 17.1 Å². The Balaban J connectivity index is 2.04. The smallest absolute Gasteiger partial charge is 0.0429 e. The highest BCUT2D eigenvalue weighted by Gasteiger charge is 2.13. The van der Waals surface area contributed by atoms with Crippen LogP contribution in [0.15, 0.2) is 36.1 Å². The number of hydrogen-bond acceptors (Lipinski definition) is 1. The van der Waals surface area contributed by atoms with Crippen LogP contribution in [0.1, 0.15) is 21.2 Å². The molecule has 1 heteroatoms. The molecule has 0 spiro atoms. The molecule has 0 N–H and O–H groups in total. The summed E-state index contributed by atoms with van der Waals surface area (Å²) >= 11 is 1.87. The van der Waals surface area contributed by atoms with E-state index in [1.165, 1.54) is 15.3 Å². The van der Waals surface area contributed by atoms with Crippen molar-refractivity contribution in [2.45, 2.75) is 5.92 Å². The molecule has 0 radical (unpaired) electrons. The van der Waals surface area contributed by atoms with Crippen molar-refractivity contribution in [3.8, 4) is 0 Å². The lowest BCUT2D eigenvalue weighted by Crippen LogP contribution is -1.81. The largest absolute Gasteiger partial charge is 0.139 e. The van der Waals surface area contributed by atoms with Crippen LogP contribution >= 0.6 is 11.3 Å². The molecule has 0 amide bonds. The Morgan fingerprint density at radius 1 is 1.15 bits per heavy atom. The second-order valence-electron chi connectivity index (χ2n) is 3.22. The molecule has 0 saturated heterocycles. The minimum atomic E-state index is 0.511. The van der Waals surface area contributed by atoms with Crippen molar-refractivity contribution in [3.63, 3.8) is 0 Å². The molecule has 0 nitrogen and oxygen atoms in total. The Hall–Kier alpha value is -1.30. The third-order valence-corrected chi connectivity index (χ3v) is 3.54. The van der Waals surface area contributed by atoms with Gasteiger partial charge in [0.1, 0.15) is 0 Å². The Morgan fingerprint density at radius 2 is 2.00 bits per heavy atom. The normalized spacial score (nSPS) is 17.5. The summed E-state index contributed by atoms with van der Waals surface area (Å²) < 4.78 is 0. The maximum atomic E-state index is 3.11. The van der Waals surface area contributed by atoms with Gasteiger partial charge < -0.3 is 0 Å². The standard InChI is InChI=1S/C12H8S/c1-2-5-9(4-1)12-8-10-6-3-7-11(10)13-12/h1-2,4-9H. The van der Waals surface area contributed by atoms with Crippen LogP contribution in [0.4, 0.5) is 0 Å². The van der Waals surface area contributed by atoms with Crippen LogP contribution in [0, 0.1) is 0 Å². The summed E-state index contributed by atoms with van der Waals surface area (Å²) in [4.78, 5) is 2.78. The van der Waals surface area contributed by atoms with E-state index in [0.29, 0.717) is 5.92 Å². The van der Waals surface area contributed by atoms with Crippen LogP contribution in [0.2, 0.25) is 0 Å². The molecular formula is C12H8S. The second kappa shape index (κ2) is 2.59. The molecule has 62 valence electrons. The molecule has 0 aliphatic heterocycles. The molecule has 1 heterocycles. The fourth-order valence-corrected chi connectivity index (χ4v) is 2.75. The van der Waals surface area contributed by atoms with Crippen molar-refractivity contribution in [1.82, 2.24) is 0 Å². The number of thiophene rings is 1. The predicted molar refractivity (Wildman–Crippen MR) is 57.8 cm³/mol. The van der Waals surface area contributed by atoms with E-state index >= 15 is 0 Å². The van der Waals surface area contributed by atoms with Crippen LogP contribution < -0.4 is 0 Å². The van der Waals surface area contributed by atoms with Gasteiger partial charge in [-0.2, -0.15) is 0 Å². The summed E-state index contributed by atoms with van der Waals surface area (Å²) in [7, 11) is 0. The van der Waals surface area contributed by atoms with Gasteiger partial charge in [-0.05, 0) is 18.2 Å². The zero-order chi connectivity index (χ0) is 8.67. The van der Waals surface area contributed by atoms with Crippen LogP contribution in [0.25, 0.3) is 12.2 Å². The van der Waals surface area contributed by atoms with E-state index in [-0.39, 0.29) is 0 Å². The van der Waals surface area contributed by atoms with Crippen LogP contribution in [0.3, 0.4) is 0 Å². The van der Waals surface area contributed by atoms with Crippen molar-refractivity contribution in [1.29, 1.82) is 0 Å². The third-order valence-electron chi connectivity index (χ3n) is 2.34. The SMILES string of the molecule is C1=Cc2cc(C3C=CC=C3)sc2C=1. The van der Waals surface area contributed by atoms with Gasteiger partial charge in [0, 0.05) is 21.2 Å². The molecule has 1 aromatic heterocycles. The molecule has 2 aliphatic carbocycles.